The highest BCUT2D eigenvalue weighted by molar-refractivity contribution is 7.12. The predicted molar refractivity (Wildman–Crippen MR) is 78.5 cm³/mol. The first kappa shape index (κ1) is 12.9. The van der Waals surface area contributed by atoms with Gasteiger partial charge in [0.2, 0.25) is 5.95 Å². The number of rotatable bonds is 5. The fraction of sp³-hybridized carbons (Fsp3) is 0.357. The minimum Gasteiger partial charge on any atom is -0.352 e. The number of nitrogens with one attached hydrogen (secondary N) is 1. The summed E-state index contributed by atoms with van der Waals surface area (Å²) in [4.78, 5) is 7.24. The normalized spacial score (nSPS) is 10.6. The fourth-order valence-electron chi connectivity index (χ4n) is 1.87. The standard InChI is InChI=1S/C14H19N3S/c1-5-6-15-14-16-11(3)8-17(14)9-13-7-10(2)12(4)18-13/h5,7-8H,1,6,9H2,2-4H3,(H,15,16). The van der Waals surface area contributed by atoms with Crippen LogP contribution >= 0.6 is 11.3 Å². The molecule has 0 saturated heterocycles. The third-order valence-electron chi connectivity index (χ3n) is 2.84. The molecule has 0 aliphatic heterocycles. The summed E-state index contributed by atoms with van der Waals surface area (Å²) < 4.78 is 2.16. The maximum atomic E-state index is 4.48. The van der Waals surface area contributed by atoms with Crippen LogP contribution in [0.15, 0.2) is 24.9 Å². The molecule has 0 saturated carbocycles. The molecule has 96 valence electrons. The molecule has 0 atom stereocenters. The minimum absolute atomic E-state index is 0.735. The molecule has 2 heterocycles. The van der Waals surface area contributed by atoms with Crippen LogP contribution in [0, 0.1) is 20.8 Å². The van der Waals surface area contributed by atoms with Gasteiger partial charge in [-0.2, -0.15) is 0 Å². The van der Waals surface area contributed by atoms with Crippen molar-refractivity contribution in [3.05, 3.63) is 45.9 Å². The average Bonchev–Trinajstić information content (AvgIpc) is 2.80. The highest BCUT2D eigenvalue weighted by Crippen LogP contribution is 2.22. The van der Waals surface area contributed by atoms with Gasteiger partial charge in [0.05, 0.1) is 12.2 Å². The third kappa shape index (κ3) is 2.82. The molecule has 2 rings (SSSR count). The van der Waals surface area contributed by atoms with Crippen LogP contribution in [0.5, 0.6) is 0 Å². The van der Waals surface area contributed by atoms with Crippen LogP contribution in [0.2, 0.25) is 0 Å². The number of imidazole rings is 1. The Labute approximate surface area is 112 Å². The van der Waals surface area contributed by atoms with E-state index in [1.807, 2.05) is 24.3 Å². The molecular formula is C14H19N3S. The first-order valence-corrected chi connectivity index (χ1v) is 6.86. The van der Waals surface area contributed by atoms with Crippen LogP contribution in [-0.4, -0.2) is 16.1 Å². The number of hydrogen-bond acceptors (Lipinski definition) is 3. The molecule has 0 aliphatic carbocycles. The summed E-state index contributed by atoms with van der Waals surface area (Å²) in [5.41, 5.74) is 2.40. The SMILES string of the molecule is C=CCNc1nc(C)cn1Cc1cc(C)c(C)s1. The van der Waals surface area contributed by atoms with Crippen molar-refractivity contribution in [3.8, 4) is 0 Å². The zero-order chi connectivity index (χ0) is 13.1. The van der Waals surface area contributed by atoms with Crippen molar-refractivity contribution in [1.82, 2.24) is 9.55 Å². The fourth-order valence-corrected chi connectivity index (χ4v) is 2.92. The van der Waals surface area contributed by atoms with Crippen molar-refractivity contribution < 1.29 is 0 Å². The van der Waals surface area contributed by atoms with E-state index in [-0.39, 0.29) is 0 Å². The van der Waals surface area contributed by atoms with E-state index in [9.17, 15) is 0 Å². The van der Waals surface area contributed by atoms with Crippen LogP contribution in [0.3, 0.4) is 0 Å². The van der Waals surface area contributed by atoms with Crippen LogP contribution in [0.1, 0.15) is 21.0 Å². The largest absolute Gasteiger partial charge is 0.352 e. The zero-order valence-corrected chi connectivity index (χ0v) is 12.0. The number of nitrogens with zero attached hydrogens (tertiary/aromatic N) is 2. The summed E-state index contributed by atoms with van der Waals surface area (Å²) in [5.74, 6) is 0.913. The van der Waals surface area contributed by atoms with E-state index in [1.54, 1.807) is 0 Å². The highest BCUT2D eigenvalue weighted by Gasteiger charge is 2.07. The maximum absolute atomic E-state index is 4.48. The lowest BCUT2D eigenvalue weighted by atomic mass is 10.3. The van der Waals surface area contributed by atoms with Gasteiger partial charge in [-0.05, 0) is 32.4 Å². The maximum Gasteiger partial charge on any atom is 0.203 e. The van der Waals surface area contributed by atoms with Gasteiger partial charge in [0.15, 0.2) is 0 Å². The van der Waals surface area contributed by atoms with Crippen molar-refractivity contribution in [2.45, 2.75) is 27.3 Å². The summed E-state index contributed by atoms with van der Waals surface area (Å²) in [6, 6.07) is 2.26. The first-order chi connectivity index (χ1) is 8.60. The van der Waals surface area contributed by atoms with Gasteiger partial charge in [0.1, 0.15) is 0 Å². The second-order valence-corrected chi connectivity index (χ2v) is 5.80. The topological polar surface area (TPSA) is 29.9 Å². The molecule has 3 nitrogen and oxygen atoms in total. The van der Waals surface area contributed by atoms with E-state index in [1.165, 1.54) is 15.3 Å². The Hall–Kier alpha value is -1.55. The second-order valence-electron chi connectivity index (χ2n) is 4.46. The molecule has 0 bridgehead atoms. The van der Waals surface area contributed by atoms with Crippen LogP contribution in [0.25, 0.3) is 0 Å². The predicted octanol–water partition coefficient (Wildman–Crippen LogP) is 3.52. The Balaban J connectivity index is 2.19. The molecule has 18 heavy (non-hydrogen) atoms. The van der Waals surface area contributed by atoms with Gasteiger partial charge in [-0.25, -0.2) is 4.98 Å². The van der Waals surface area contributed by atoms with E-state index in [2.05, 4.69) is 47.6 Å². The van der Waals surface area contributed by atoms with Crippen molar-refractivity contribution in [2.75, 3.05) is 11.9 Å². The quantitative estimate of drug-likeness (QED) is 0.835. The first-order valence-electron chi connectivity index (χ1n) is 6.04. The van der Waals surface area contributed by atoms with Gasteiger partial charge in [0, 0.05) is 22.5 Å². The Morgan fingerprint density at radius 1 is 1.44 bits per heavy atom. The lowest BCUT2D eigenvalue weighted by Crippen LogP contribution is -2.07. The van der Waals surface area contributed by atoms with Crippen molar-refractivity contribution >= 4 is 17.3 Å². The van der Waals surface area contributed by atoms with Gasteiger partial charge >= 0.3 is 0 Å². The van der Waals surface area contributed by atoms with E-state index in [4.69, 9.17) is 0 Å². The monoisotopic (exact) mass is 261 g/mol. The Bertz CT molecular complexity index is 532. The van der Waals surface area contributed by atoms with E-state index in [0.29, 0.717) is 0 Å². The summed E-state index contributed by atoms with van der Waals surface area (Å²) in [7, 11) is 0. The van der Waals surface area contributed by atoms with Gasteiger partial charge < -0.3 is 9.88 Å². The van der Waals surface area contributed by atoms with Crippen molar-refractivity contribution in [3.63, 3.8) is 0 Å². The van der Waals surface area contributed by atoms with E-state index < -0.39 is 0 Å². The van der Waals surface area contributed by atoms with Crippen LogP contribution in [-0.2, 0) is 6.54 Å². The highest BCUT2D eigenvalue weighted by atomic mass is 32.1. The molecular weight excluding hydrogens is 242 g/mol. The van der Waals surface area contributed by atoms with Crippen LogP contribution in [0.4, 0.5) is 5.95 Å². The summed E-state index contributed by atoms with van der Waals surface area (Å²) in [6.07, 6.45) is 3.92. The van der Waals surface area contributed by atoms with Crippen LogP contribution < -0.4 is 5.32 Å². The minimum atomic E-state index is 0.735. The number of aromatic nitrogens is 2. The van der Waals surface area contributed by atoms with Gasteiger partial charge in [-0.1, -0.05) is 6.08 Å². The third-order valence-corrected chi connectivity index (χ3v) is 3.98. The molecule has 0 fully saturated rings. The second kappa shape index (κ2) is 5.40. The molecule has 0 spiro atoms. The summed E-state index contributed by atoms with van der Waals surface area (Å²) in [6.45, 7) is 11.7. The van der Waals surface area contributed by atoms with E-state index in [0.717, 1.165) is 24.7 Å². The van der Waals surface area contributed by atoms with Gasteiger partial charge in [-0.3, -0.25) is 0 Å². The lowest BCUT2D eigenvalue weighted by Gasteiger charge is -2.06. The Kier molecular flexibility index (Phi) is 3.87. The summed E-state index contributed by atoms with van der Waals surface area (Å²) in [5, 5.41) is 3.26. The van der Waals surface area contributed by atoms with E-state index >= 15 is 0 Å². The molecule has 2 aromatic rings. The smallest absolute Gasteiger partial charge is 0.203 e. The molecule has 0 unspecified atom stereocenters. The number of aryl methyl sites for hydroxylation is 3. The number of hydrogen-bond donors (Lipinski definition) is 1. The Morgan fingerprint density at radius 3 is 2.83 bits per heavy atom. The molecule has 4 heteroatoms. The number of anilines is 1. The molecule has 1 N–H and O–H groups in total. The molecule has 0 aliphatic rings. The molecule has 2 aromatic heterocycles. The van der Waals surface area contributed by atoms with Crippen molar-refractivity contribution in [1.29, 1.82) is 0 Å². The van der Waals surface area contributed by atoms with Gasteiger partial charge in [-0.15, -0.1) is 17.9 Å². The number of thiophene rings is 1. The molecule has 0 aromatic carbocycles. The average molecular weight is 261 g/mol. The Morgan fingerprint density at radius 2 is 2.22 bits per heavy atom. The van der Waals surface area contributed by atoms with Crippen molar-refractivity contribution in [2.24, 2.45) is 0 Å². The molecule has 0 radical (unpaired) electrons. The lowest BCUT2D eigenvalue weighted by molar-refractivity contribution is 0.813. The molecule has 0 amide bonds. The van der Waals surface area contributed by atoms with Gasteiger partial charge in [0.25, 0.3) is 0 Å². The zero-order valence-electron chi connectivity index (χ0n) is 11.2. The summed E-state index contributed by atoms with van der Waals surface area (Å²) >= 11 is 1.85.